The predicted octanol–water partition coefficient (Wildman–Crippen LogP) is 4.00. The summed E-state index contributed by atoms with van der Waals surface area (Å²) in [6.07, 6.45) is 3.93. The second-order valence-corrected chi connectivity index (χ2v) is 5.80. The number of halogens is 1. The van der Waals surface area contributed by atoms with E-state index < -0.39 is 0 Å². The van der Waals surface area contributed by atoms with Gasteiger partial charge < -0.3 is 15.5 Å². The van der Waals surface area contributed by atoms with Gasteiger partial charge in [-0.2, -0.15) is 0 Å². The number of benzene rings is 1. The highest BCUT2D eigenvalue weighted by molar-refractivity contribution is 14.0. The molecule has 2 heterocycles. The molecule has 0 spiro atoms. The monoisotopic (exact) mass is 435 g/mol. The number of rotatable bonds is 4. The summed E-state index contributed by atoms with van der Waals surface area (Å²) in [5.74, 6) is 0.871. The summed E-state index contributed by atoms with van der Waals surface area (Å²) in [6.45, 7) is 4.78. The molecule has 0 aliphatic rings. The molecule has 0 aliphatic carbocycles. The van der Waals surface area contributed by atoms with E-state index in [0.29, 0.717) is 18.4 Å². The van der Waals surface area contributed by atoms with Crippen molar-refractivity contribution in [3.8, 4) is 0 Å². The highest BCUT2D eigenvalue weighted by Gasteiger charge is 2.02. The molecule has 0 saturated carbocycles. The summed E-state index contributed by atoms with van der Waals surface area (Å²) in [5.41, 5.74) is 9.99. The number of nitrogens with one attached hydrogen (secondary N) is 1. The van der Waals surface area contributed by atoms with Gasteiger partial charge in [0.25, 0.3) is 0 Å². The number of fused-ring (bicyclic) bond motifs is 1. The van der Waals surface area contributed by atoms with Crippen LogP contribution in [0.1, 0.15) is 31.0 Å². The van der Waals surface area contributed by atoms with Gasteiger partial charge in [0.05, 0.1) is 12.2 Å². The zero-order valence-electron chi connectivity index (χ0n) is 13.8. The summed E-state index contributed by atoms with van der Waals surface area (Å²) < 4.78 is 1.97. The fourth-order valence-electron chi connectivity index (χ4n) is 2.39. The Labute approximate surface area is 159 Å². The Bertz CT molecular complexity index is 805. The van der Waals surface area contributed by atoms with Crippen LogP contribution >= 0.6 is 24.0 Å². The van der Waals surface area contributed by atoms with Crippen molar-refractivity contribution in [2.75, 3.05) is 5.32 Å². The van der Waals surface area contributed by atoms with E-state index >= 15 is 0 Å². The van der Waals surface area contributed by atoms with E-state index in [9.17, 15) is 0 Å². The quantitative estimate of drug-likeness (QED) is 0.370. The van der Waals surface area contributed by atoms with E-state index in [1.54, 1.807) is 0 Å². The van der Waals surface area contributed by atoms with Crippen molar-refractivity contribution in [1.82, 2.24) is 9.38 Å². The van der Waals surface area contributed by atoms with Crippen molar-refractivity contribution < 1.29 is 0 Å². The number of aromatic nitrogens is 2. The number of guanidine groups is 1. The number of imidazole rings is 1. The topological polar surface area (TPSA) is 67.7 Å². The maximum Gasteiger partial charge on any atom is 0.193 e. The highest BCUT2D eigenvalue weighted by atomic mass is 127. The molecule has 0 atom stereocenters. The molecule has 24 heavy (non-hydrogen) atoms. The molecule has 0 amide bonds. The summed E-state index contributed by atoms with van der Waals surface area (Å²) >= 11 is 0. The van der Waals surface area contributed by atoms with Gasteiger partial charge >= 0.3 is 0 Å². The van der Waals surface area contributed by atoms with Crippen LogP contribution in [0, 0.1) is 0 Å². The van der Waals surface area contributed by atoms with Crippen LogP contribution in [0.4, 0.5) is 5.69 Å². The second-order valence-electron chi connectivity index (χ2n) is 5.80. The smallest absolute Gasteiger partial charge is 0.193 e. The number of nitrogens with two attached hydrogens (primary N) is 1. The Hall–Kier alpha value is -2.09. The number of anilines is 1. The average molecular weight is 435 g/mol. The first-order valence-electron chi connectivity index (χ1n) is 7.71. The molecule has 0 unspecified atom stereocenters. The zero-order chi connectivity index (χ0) is 16.2. The fourth-order valence-corrected chi connectivity index (χ4v) is 2.39. The summed E-state index contributed by atoms with van der Waals surface area (Å²) in [5, 5.41) is 3.13. The molecule has 0 fully saturated rings. The van der Waals surface area contributed by atoms with E-state index in [-0.39, 0.29) is 24.0 Å². The van der Waals surface area contributed by atoms with Crippen molar-refractivity contribution in [3.63, 3.8) is 0 Å². The standard InChI is InChI=1S/C18H21N5.HI/c1-13(2)14-6-5-7-15(10-14)22-18(19)20-11-16-12-23-9-4-3-8-17(23)21-16;/h3-10,12-13H,11H2,1-2H3,(H3,19,20,22);1H. The Morgan fingerprint density at radius 1 is 1.25 bits per heavy atom. The summed E-state index contributed by atoms with van der Waals surface area (Å²) in [4.78, 5) is 8.87. The minimum atomic E-state index is 0. The lowest BCUT2D eigenvalue weighted by molar-refractivity contribution is 0.867. The highest BCUT2D eigenvalue weighted by Crippen LogP contribution is 2.18. The van der Waals surface area contributed by atoms with Gasteiger partial charge in [-0.3, -0.25) is 0 Å². The third-order valence-electron chi connectivity index (χ3n) is 3.65. The first-order valence-corrected chi connectivity index (χ1v) is 7.71. The molecule has 3 aromatic rings. The van der Waals surface area contributed by atoms with Gasteiger partial charge in [-0.1, -0.05) is 32.0 Å². The summed E-state index contributed by atoms with van der Waals surface area (Å²) in [7, 11) is 0. The van der Waals surface area contributed by atoms with Crippen LogP contribution < -0.4 is 11.1 Å². The van der Waals surface area contributed by atoms with Crippen LogP contribution in [0.5, 0.6) is 0 Å². The van der Waals surface area contributed by atoms with Crippen molar-refractivity contribution in [2.24, 2.45) is 10.7 Å². The number of hydrogen-bond donors (Lipinski definition) is 2. The molecule has 6 heteroatoms. The minimum Gasteiger partial charge on any atom is -0.370 e. The first-order chi connectivity index (χ1) is 11.1. The third-order valence-corrected chi connectivity index (χ3v) is 3.65. The van der Waals surface area contributed by atoms with Crippen LogP contribution in [-0.4, -0.2) is 15.3 Å². The normalized spacial score (nSPS) is 11.5. The van der Waals surface area contributed by atoms with Gasteiger partial charge in [-0.25, -0.2) is 9.98 Å². The molecule has 3 rings (SSSR count). The lowest BCUT2D eigenvalue weighted by atomic mass is 10.0. The Morgan fingerprint density at radius 3 is 2.83 bits per heavy atom. The Morgan fingerprint density at radius 2 is 2.08 bits per heavy atom. The van der Waals surface area contributed by atoms with Crippen LogP contribution in [0.25, 0.3) is 5.65 Å². The number of aliphatic imine (C=N–C) groups is 1. The van der Waals surface area contributed by atoms with Crippen molar-refractivity contribution >= 4 is 41.3 Å². The van der Waals surface area contributed by atoms with E-state index in [0.717, 1.165) is 17.0 Å². The van der Waals surface area contributed by atoms with Gasteiger partial charge in [0.2, 0.25) is 0 Å². The average Bonchev–Trinajstić information content (AvgIpc) is 2.96. The summed E-state index contributed by atoms with van der Waals surface area (Å²) in [6, 6.07) is 14.1. The fraction of sp³-hybridized carbons (Fsp3) is 0.222. The Kier molecular flexibility index (Phi) is 6.19. The van der Waals surface area contributed by atoms with E-state index in [1.807, 2.05) is 47.1 Å². The molecule has 0 saturated heterocycles. The maximum absolute atomic E-state index is 5.98. The number of nitrogens with zero attached hydrogens (tertiary/aromatic N) is 3. The maximum atomic E-state index is 5.98. The molecule has 0 aliphatic heterocycles. The number of hydrogen-bond acceptors (Lipinski definition) is 2. The molecule has 2 aromatic heterocycles. The minimum absolute atomic E-state index is 0. The van der Waals surface area contributed by atoms with E-state index in [1.165, 1.54) is 5.56 Å². The van der Waals surface area contributed by atoms with E-state index in [2.05, 4.69) is 41.3 Å². The lowest BCUT2D eigenvalue weighted by Gasteiger charge is -2.09. The number of pyridine rings is 1. The molecular formula is C18H22IN5. The van der Waals surface area contributed by atoms with Crippen molar-refractivity contribution in [1.29, 1.82) is 0 Å². The van der Waals surface area contributed by atoms with Crippen LogP contribution in [0.3, 0.4) is 0 Å². The zero-order valence-corrected chi connectivity index (χ0v) is 16.1. The van der Waals surface area contributed by atoms with Gasteiger partial charge in [0, 0.05) is 18.1 Å². The van der Waals surface area contributed by atoms with Gasteiger partial charge in [0.15, 0.2) is 5.96 Å². The molecule has 5 nitrogen and oxygen atoms in total. The van der Waals surface area contributed by atoms with Crippen molar-refractivity contribution in [3.05, 3.63) is 66.1 Å². The van der Waals surface area contributed by atoms with Crippen molar-refractivity contribution in [2.45, 2.75) is 26.3 Å². The van der Waals surface area contributed by atoms with Gasteiger partial charge in [-0.15, -0.1) is 24.0 Å². The predicted molar refractivity (Wildman–Crippen MR) is 110 cm³/mol. The molecule has 0 radical (unpaired) electrons. The largest absolute Gasteiger partial charge is 0.370 e. The van der Waals surface area contributed by atoms with Gasteiger partial charge in [-0.05, 0) is 35.7 Å². The molecule has 1 aromatic carbocycles. The van der Waals surface area contributed by atoms with Crippen LogP contribution in [0.2, 0.25) is 0 Å². The molecular weight excluding hydrogens is 413 g/mol. The third kappa shape index (κ3) is 4.47. The van der Waals surface area contributed by atoms with Crippen LogP contribution in [0.15, 0.2) is 59.9 Å². The van der Waals surface area contributed by atoms with Crippen LogP contribution in [-0.2, 0) is 6.54 Å². The first kappa shape index (κ1) is 18.3. The SMILES string of the molecule is CC(C)c1cccc(NC(N)=NCc2cn3ccccc3n2)c1.I. The Balaban J connectivity index is 0.00000208. The molecule has 126 valence electrons. The molecule has 3 N–H and O–H groups in total. The van der Waals surface area contributed by atoms with Gasteiger partial charge in [0.1, 0.15) is 5.65 Å². The van der Waals surface area contributed by atoms with E-state index in [4.69, 9.17) is 5.73 Å². The second kappa shape index (κ2) is 8.14. The molecule has 0 bridgehead atoms. The lowest BCUT2D eigenvalue weighted by Crippen LogP contribution is -2.22.